The summed E-state index contributed by atoms with van der Waals surface area (Å²) in [6.07, 6.45) is 3.46. The molecule has 1 aromatic carbocycles. The van der Waals surface area contributed by atoms with Crippen molar-refractivity contribution in [1.82, 2.24) is 10.2 Å². The van der Waals surface area contributed by atoms with Gasteiger partial charge in [-0.3, -0.25) is 4.79 Å². The summed E-state index contributed by atoms with van der Waals surface area (Å²) in [6.45, 7) is 1.84. The number of unbranched alkanes of at least 4 members (excludes halogenated alkanes) is 1. The summed E-state index contributed by atoms with van der Waals surface area (Å²) in [5, 5.41) is 2.96. The predicted octanol–water partition coefficient (Wildman–Crippen LogP) is 1.66. The van der Waals surface area contributed by atoms with Gasteiger partial charge in [0, 0.05) is 18.7 Å². The van der Waals surface area contributed by atoms with Crippen molar-refractivity contribution < 1.29 is 4.79 Å². The van der Waals surface area contributed by atoms with Gasteiger partial charge in [0.2, 0.25) is 5.91 Å². The molecule has 1 amide bonds. The lowest BCUT2D eigenvalue weighted by Crippen LogP contribution is -2.25. The fraction of sp³-hybridized carbons (Fsp3) is 0.533. The van der Waals surface area contributed by atoms with E-state index in [1.807, 2.05) is 24.3 Å². The van der Waals surface area contributed by atoms with Crippen LogP contribution in [0.4, 0.5) is 5.69 Å². The van der Waals surface area contributed by atoms with Gasteiger partial charge in [0.05, 0.1) is 0 Å². The third kappa shape index (κ3) is 7.47. The highest BCUT2D eigenvalue weighted by Crippen LogP contribution is 2.07. The molecular formula is C15H25N3O. The van der Waals surface area contributed by atoms with E-state index in [-0.39, 0.29) is 5.91 Å². The molecule has 0 spiro atoms. The molecule has 0 unspecified atom stereocenters. The van der Waals surface area contributed by atoms with Crippen LogP contribution in [-0.4, -0.2) is 38.0 Å². The Morgan fingerprint density at radius 1 is 1.21 bits per heavy atom. The van der Waals surface area contributed by atoms with E-state index in [4.69, 9.17) is 5.73 Å². The highest BCUT2D eigenvalue weighted by atomic mass is 16.1. The highest BCUT2D eigenvalue weighted by molar-refractivity contribution is 5.76. The first-order chi connectivity index (χ1) is 9.08. The molecule has 0 radical (unpaired) electrons. The summed E-state index contributed by atoms with van der Waals surface area (Å²) in [7, 11) is 4.12. The normalized spacial score (nSPS) is 10.7. The molecule has 4 nitrogen and oxygen atoms in total. The van der Waals surface area contributed by atoms with Crippen LogP contribution in [0.3, 0.4) is 0 Å². The van der Waals surface area contributed by atoms with Crippen molar-refractivity contribution in [2.75, 3.05) is 32.9 Å². The summed E-state index contributed by atoms with van der Waals surface area (Å²) in [4.78, 5) is 13.8. The van der Waals surface area contributed by atoms with E-state index in [9.17, 15) is 4.79 Å². The number of amides is 1. The number of nitrogens with zero attached hydrogens (tertiary/aromatic N) is 1. The molecule has 0 bridgehead atoms. The first-order valence-corrected chi connectivity index (χ1v) is 6.84. The Morgan fingerprint density at radius 3 is 2.53 bits per heavy atom. The number of rotatable bonds is 8. The standard InChI is InChI=1S/C15H25N3O/c1-18(2)12-4-3-11-17-15(19)10-7-13-5-8-14(16)9-6-13/h5-6,8-9H,3-4,7,10-12,16H2,1-2H3,(H,17,19). The maximum absolute atomic E-state index is 11.6. The minimum Gasteiger partial charge on any atom is -0.399 e. The predicted molar refractivity (Wildman–Crippen MR) is 80.0 cm³/mol. The largest absolute Gasteiger partial charge is 0.399 e. The molecule has 0 fully saturated rings. The van der Waals surface area contributed by atoms with E-state index in [1.54, 1.807) is 0 Å². The number of hydrogen-bond donors (Lipinski definition) is 2. The molecule has 0 aliphatic carbocycles. The SMILES string of the molecule is CN(C)CCCCNC(=O)CCc1ccc(N)cc1. The molecule has 106 valence electrons. The number of hydrogen-bond acceptors (Lipinski definition) is 3. The molecule has 0 saturated heterocycles. The van der Waals surface area contributed by atoms with Crippen molar-refractivity contribution >= 4 is 11.6 Å². The Balaban J connectivity index is 2.09. The van der Waals surface area contributed by atoms with Gasteiger partial charge in [0.1, 0.15) is 0 Å². The third-order valence-corrected chi connectivity index (χ3v) is 2.97. The number of anilines is 1. The average molecular weight is 263 g/mol. The zero-order chi connectivity index (χ0) is 14.1. The fourth-order valence-corrected chi connectivity index (χ4v) is 1.81. The van der Waals surface area contributed by atoms with Crippen molar-refractivity contribution in [2.45, 2.75) is 25.7 Å². The van der Waals surface area contributed by atoms with Crippen molar-refractivity contribution in [2.24, 2.45) is 0 Å². The minimum absolute atomic E-state index is 0.127. The van der Waals surface area contributed by atoms with Gasteiger partial charge in [-0.2, -0.15) is 0 Å². The molecule has 1 aromatic rings. The van der Waals surface area contributed by atoms with E-state index >= 15 is 0 Å². The second-order valence-electron chi connectivity index (χ2n) is 5.10. The second-order valence-corrected chi connectivity index (χ2v) is 5.10. The summed E-state index contributed by atoms with van der Waals surface area (Å²) >= 11 is 0. The van der Waals surface area contributed by atoms with E-state index in [1.165, 1.54) is 0 Å². The van der Waals surface area contributed by atoms with Crippen LogP contribution >= 0.6 is 0 Å². The maximum Gasteiger partial charge on any atom is 0.220 e. The first kappa shape index (κ1) is 15.5. The molecule has 4 heteroatoms. The fourth-order valence-electron chi connectivity index (χ4n) is 1.81. The number of nitrogens with one attached hydrogen (secondary N) is 1. The second kappa shape index (κ2) is 8.53. The van der Waals surface area contributed by atoms with Gasteiger partial charge in [-0.05, 0) is 57.6 Å². The smallest absolute Gasteiger partial charge is 0.220 e. The lowest BCUT2D eigenvalue weighted by molar-refractivity contribution is -0.121. The van der Waals surface area contributed by atoms with Gasteiger partial charge >= 0.3 is 0 Å². The summed E-state index contributed by atoms with van der Waals surface area (Å²) in [6, 6.07) is 7.68. The summed E-state index contributed by atoms with van der Waals surface area (Å²) < 4.78 is 0. The van der Waals surface area contributed by atoms with Gasteiger partial charge in [0.15, 0.2) is 0 Å². The van der Waals surface area contributed by atoms with Gasteiger partial charge in [-0.25, -0.2) is 0 Å². The van der Waals surface area contributed by atoms with Crippen molar-refractivity contribution in [3.05, 3.63) is 29.8 Å². The van der Waals surface area contributed by atoms with Crippen LogP contribution in [0, 0.1) is 0 Å². The lowest BCUT2D eigenvalue weighted by atomic mass is 10.1. The zero-order valence-electron chi connectivity index (χ0n) is 12.0. The van der Waals surface area contributed by atoms with Crippen LogP contribution in [-0.2, 0) is 11.2 Å². The first-order valence-electron chi connectivity index (χ1n) is 6.84. The zero-order valence-corrected chi connectivity index (χ0v) is 12.0. The van der Waals surface area contributed by atoms with Crippen LogP contribution < -0.4 is 11.1 Å². The van der Waals surface area contributed by atoms with Crippen LogP contribution in [0.25, 0.3) is 0 Å². The Morgan fingerprint density at radius 2 is 1.89 bits per heavy atom. The molecule has 19 heavy (non-hydrogen) atoms. The summed E-state index contributed by atoms with van der Waals surface area (Å²) in [5.41, 5.74) is 7.52. The monoisotopic (exact) mass is 263 g/mol. The lowest BCUT2D eigenvalue weighted by Gasteiger charge is -2.09. The third-order valence-electron chi connectivity index (χ3n) is 2.97. The Labute approximate surface area is 116 Å². The molecule has 0 aromatic heterocycles. The molecule has 3 N–H and O–H groups in total. The van der Waals surface area contributed by atoms with Gasteiger partial charge < -0.3 is 16.0 Å². The molecule has 0 aliphatic rings. The molecule has 1 rings (SSSR count). The quantitative estimate of drug-likeness (QED) is 0.554. The van der Waals surface area contributed by atoms with Crippen molar-refractivity contribution in [1.29, 1.82) is 0 Å². The summed E-state index contributed by atoms with van der Waals surface area (Å²) in [5.74, 6) is 0.127. The van der Waals surface area contributed by atoms with Gasteiger partial charge in [-0.15, -0.1) is 0 Å². The van der Waals surface area contributed by atoms with E-state index in [0.717, 1.165) is 43.6 Å². The molecule has 0 atom stereocenters. The Kier molecular flexibility index (Phi) is 6.97. The molecular weight excluding hydrogens is 238 g/mol. The van der Waals surface area contributed by atoms with Gasteiger partial charge in [0.25, 0.3) is 0 Å². The minimum atomic E-state index is 0.127. The highest BCUT2D eigenvalue weighted by Gasteiger charge is 2.01. The number of aryl methyl sites for hydroxylation is 1. The Hall–Kier alpha value is -1.55. The topological polar surface area (TPSA) is 58.4 Å². The van der Waals surface area contributed by atoms with Crippen LogP contribution in [0.1, 0.15) is 24.8 Å². The van der Waals surface area contributed by atoms with Crippen molar-refractivity contribution in [3.8, 4) is 0 Å². The van der Waals surface area contributed by atoms with Crippen molar-refractivity contribution in [3.63, 3.8) is 0 Å². The van der Waals surface area contributed by atoms with Crippen LogP contribution in [0.2, 0.25) is 0 Å². The molecule has 0 saturated carbocycles. The number of nitrogen functional groups attached to an aromatic ring is 1. The van der Waals surface area contributed by atoms with E-state index < -0.39 is 0 Å². The Bertz CT molecular complexity index is 373. The number of carbonyl (C=O) groups is 1. The van der Waals surface area contributed by atoms with Crippen LogP contribution in [0.15, 0.2) is 24.3 Å². The van der Waals surface area contributed by atoms with E-state index in [0.29, 0.717) is 6.42 Å². The number of benzene rings is 1. The number of nitrogens with two attached hydrogens (primary N) is 1. The van der Waals surface area contributed by atoms with E-state index in [2.05, 4.69) is 24.3 Å². The maximum atomic E-state index is 11.6. The number of carbonyl (C=O) groups excluding carboxylic acids is 1. The van der Waals surface area contributed by atoms with Gasteiger partial charge in [-0.1, -0.05) is 12.1 Å². The molecule has 0 aliphatic heterocycles. The average Bonchev–Trinajstić information content (AvgIpc) is 2.37. The van der Waals surface area contributed by atoms with Crippen LogP contribution in [0.5, 0.6) is 0 Å². The molecule has 0 heterocycles.